The zero-order valence-corrected chi connectivity index (χ0v) is 12.4. The summed E-state index contributed by atoms with van der Waals surface area (Å²) in [6.45, 7) is 1.75. The Hall–Kier alpha value is -2.38. The molecule has 0 aliphatic carbocycles. The molecule has 0 saturated carbocycles. The fourth-order valence-electron chi connectivity index (χ4n) is 1.99. The molecule has 0 bridgehead atoms. The molecule has 0 fully saturated rings. The summed E-state index contributed by atoms with van der Waals surface area (Å²) >= 11 is 0. The highest BCUT2D eigenvalue weighted by Crippen LogP contribution is 2.30. The number of fused-ring (bicyclic) bond motifs is 1. The molecular formula is C15H16O7. The average Bonchev–Trinajstić information content (AvgIpc) is 2.52. The number of hydrogen-bond donors (Lipinski definition) is 1. The van der Waals surface area contributed by atoms with Gasteiger partial charge in [-0.2, -0.15) is 0 Å². The van der Waals surface area contributed by atoms with Crippen LogP contribution in [0.2, 0.25) is 0 Å². The molecule has 1 heterocycles. The number of ether oxygens (including phenoxy) is 3. The molecule has 2 aromatic rings. The van der Waals surface area contributed by atoms with Gasteiger partial charge in [-0.25, -0.2) is 4.79 Å². The molecule has 7 nitrogen and oxygen atoms in total. The summed E-state index contributed by atoms with van der Waals surface area (Å²) in [6, 6.07) is 4.41. The lowest BCUT2D eigenvalue weighted by Crippen LogP contribution is -2.28. The molecule has 22 heavy (non-hydrogen) atoms. The maximum absolute atomic E-state index is 12.0. The summed E-state index contributed by atoms with van der Waals surface area (Å²) in [5, 5.41) is 9.98. The number of rotatable bonds is 6. The van der Waals surface area contributed by atoms with Crippen molar-refractivity contribution in [3.8, 4) is 11.5 Å². The molecule has 7 heteroatoms. The summed E-state index contributed by atoms with van der Waals surface area (Å²) in [5.41, 5.74) is -0.966. The van der Waals surface area contributed by atoms with Crippen molar-refractivity contribution in [1.29, 1.82) is 0 Å². The second-order valence-corrected chi connectivity index (χ2v) is 4.36. The quantitative estimate of drug-likeness (QED) is 0.489. The number of Topliss-reactive ketones (excluding diaryl/α,β-unsaturated/α-hetero) is 1. The van der Waals surface area contributed by atoms with Crippen LogP contribution in [0.4, 0.5) is 0 Å². The lowest BCUT2D eigenvalue weighted by Gasteiger charge is -2.11. The van der Waals surface area contributed by atoms with E-state index in [2.05, 4.69) is 0 Å². The van der Waals surface area contributed by atoms with Gasteiger partial charge in [0.2, 0.25) is 12.1 Å². The molecule has 1 atom stereocenters. The van der Waals surface area contributed by atoms with Crippen molar-refractivity contribution in [3.63, 3.8) is 0 Å². The second kappa shape index (κ2) is 6.59. The highest BCUT2D eigenvalue weighted by atomic mass is 16.6. The molecule has 118 valence electrons. The van der Waals surface area contributed by atoms with Crippen LogP contribution >= 0.6 is 0 Å². The van der Waals surface area contributed by atoms with Gasteiger partial charge in [-0.3, -0.25) is 4.79 Å². The topological polar surface area (TPSA) is 95.2 Å². The Morgan fingerprint density at radius 3 is 2.59 bits per heavy atom. The van der Waals surface area contributed by atoms with Crippen LogP contribution in [0.3, 0.4) is 0 Å². The molecule has 0 spiro atoms. The van der Waals surface area contributed by atoms with E-state index in [0.29, 0.717) is 16.9 Å². The van der Waals surface area contributed by atoms with Crippen LogP contribution in [0.15, 0.2) is 27.4 Å². The van der Waals surface area contributed by atoms with Crippen LogP contribution in [-0.4, -0.2) is 38.0 Å². The smallest absolute Gasteiger partial charge is 0.347 e. The minimum atomic E-state index is -1.71. The molecule has 2 rings (SSSR count). The molecule has 0 radical (unpaired) electrons. The first kappa shape index (κ1) is 16.0. The minimum Gasteiger partial charge on any atom is -0.496 e. The fraction of sp³-hybridized carbons (Fsp3) is 0.333. The number of aliphatic hydroxyl groups is 1. The largest absolute Gasteiger partial charge is 0.496 e. The van der Waals surface area contributed by atoms with E-state index in [1.807, 2.05) is 0 Å². The third-order valence-corrected chi connectivity index (χ3v) is 3.06. The zero-order chi connectivity index (χ0) is 16.3. The maximum atomic E-state index is 12.0. The summed E-state index contributed by atoms with van der Waals surface area (Å²) in [5.74, 6) is -0.0469. The van der Waals surface area contributed by atoms with E-state index in [9.17, 15) is 14.7 Å². The Labute approximate surface area is 126 Å². The van der Waals surface area contributed by atoms with Crippen molar-refractivity contribution in [3.05, 3.63) is 34.2 Å². The number of ketones is 1. The first-order valence-electron chi connectivity index (χ1n) is 6.55. The van der Waals surface area contributed by atoms with E-state index in [-0.39, 0.29) is 17.8 Å². The van der Waals surface area contributed by atoms with Gasteiger partial charge in [0, 0.05) is 18.7 Å². The van der Waals surface area contributed by atoms with Crippen LogP contribution in [0.1, 0.15) is 17.3 Å². The van der Waals surface area contributed by atoms with Crippen molar-refractivity contribution in [2.24, 2.45) is 0 Å². The van der Waals surface area contributed by atoms with Gasteiger partial charge in [-0.05, 0) is 13.0 Å². The van der Waals surface area contributed by atoms with Crippen LogP contribution in [0, 0.1) is 0 Å². The number of benzene rings is 1. The van der Waals surface area contributed by atoms with E-state index >= 15 is 0 Å². The highest BCUT2D eigenvalue weighted by Gasteiger charge is 2.23. The summed E-state index contributed by atoms with van der Waals surface area (Å²) < 4.78 is 20.2. The van der Waals surface area contributed by atoms with Crippen molar-refractivity contribution in [2.75, 3.05) is 20.8 Å². The zero-order valence-electron chi connectivity index (χ0n) is 12.4. The molecule has 1 aromatic carbocycles. The van der Waals surface area contributed by atoms with Crippen LogP contribution < -0.4 is 15.1 Å². The normalized spacial score (nSPS) is 12.2. The van der Waals surface area contributed by atoms with E-state index in [1.165, 1.54) is 26.4 Å². The third kappa shape index (κ3) is 2.95. The average molecular weight is 308 g/mol. The molecule has 0 aliphatic heterocycles. The monoisotopic (exact) mass is 308 g/mol. The van der Waals surface area contributed by atoms with Crippen molar-refractivity contribution in [2.45, 2.75) is 13.2 Å². The lowest BCUT2D eigenvalue weighted by atomic mass is 10.1. The molecule has 1 unspecified atom stereocenters. The highest BCUT2D eigenvalue weighted by molar-refractivity contribution is 6.01. The van der Waals surface area contributed by atoms with E-state index in [1.54, 1.807) is 13.0 Å². The summed E-state index contributed by atoms with van der Waals surface area (Å²) in [4.78, 5) is 24.0. The summed E-state index contributed by atoms with van der Waals surface area (Å²) in [6.07, 6.45) is -1.71. The second-order valence-electron chi connectivity index (χ2n) is 4.36. The minimum absolute atomic E-state index is 0.131. The van der Waals surface area contributed by atoms with Gasteiger partial charge in [-0.1, -0.05) is 0 Å². The van der Waals surface area contributed by atoms with Gasteiger partial charge in [0.15, 0.2) is 0 Å². The molecule has 0 saturated heterocycles. The molecule has 0 aliphatic rings. The van der Waals surface area contributed by atoms with Gasteiger partial charge in [-0.15, -0.1) is 0 Å². The van der Waals surface area contributed by atoms with Gasteiger partial charge in [0.05, 0.1) is 19.6 Å². The maximum Gasteiger partial charge on any atom is 0.347 e. The van der Waals surface area contributed by atoms with Gasteiger partial charge < -0.3 is 23.7 Å². The number of carbonyl (C=O) groups is 1. The van der Waals surface area contributed by atoms with Gasteiger partial charge in [0.1, 0.15) is 22.6 Å². The predicted molar refractivity (Wildman–Crippen MR) is 77.6 cm³/mol. The molecule has 1 N–H and O–H groups in total. The molecule has 0 amide bonds. The molecule has 1 aromatic heterocycles. The number of aliphatic hydroxyl groups excluding tert-OH is 1. The van der Waals surface area contributed by atoms with Crippen LogP contribution in [0.5, 0.6) is 11.5 Å². The van der Waals surface area contributed by atoms with Crippen molar-refractivity contribution >= 4 is 16.8 Å². The number of carbonyl (C=O) groups excluding carboxylic acids is 1. The van der Waals surface area contributed by atoms with Gasteiger partial charge in [0.25, 0.3) is 0 Å². The van der Waals surface area contributed by atoms with Crippen molar-refractivity contribution in [1.82, 2.24) is 0 Å². The standard InChI is InChI=1S/C15H16O7/c1-4-21-15(18)13(16)10-7-9-11(20-3)5-8(19-2)6-12(9)22-14(10)17/h5-7,15,18H,4H2,1-3H3. The van der Waals surface area contributed by atoms with E-state index in [0.717, 1.165) is 0 Å². The SMILES string of the molecule is CCOC(O)C(=O)c1cc2c(OC)cc(OC)cc2oc1=O. The first-order valence-corrected chi connectivity index (χ1v) is 6.55. The Bertz CT molecular complexity index is 747. The Morgan fingerprint density at radius 2 is 2.00 bits per heavy atom. The third-order valence-electron chi connectivity index (χ3n) is 3.06. The van der Waals surface area contributed by atoms with Crippen LogP contribution in [0.25, 0.3) is 11.0 Å². The van der Waals surface area contributed by atoms with E-state index < -0.39 is 17.7 Å². The lowest BCUT2D eigenvalue weighted by molar-refractivity contribution is -0.0676. The Balaban J connectivity index is 2.61. The first-order chi connectivity index (χ1) is 10.5. The Morgan fingerprint density at radius 1 is 1.27 bits per heavy atom. The van der Waals surface area contributed by atoms with E-state index in [4.69, 9.17) is 18.6 Å². The molecular weight excluding hydrogens is 292 g/mol. The Kier molecular flexibility index (Phi) is 4.79. The number of methoxy groups -OCH3 is 2. The van der Waals surface area contributed by atoms with Crippen molar-refractivity contribution < 1.29 is 28.5 Å². The fourth-order valence-corrected chi connectivity index (χ4v) is 1.99. The predicted octanol–water partition coefficient (Wildman–Crippen LogP) is 1.35. The van der Waals surface area contributed by atoms with Crippen LogP contribution in [-0.2, 0) is 4.74 Å². The van der Waals surface area contributed by atoms with Gasteiger partial charge >= 0.3 is 5.63 Å². The summed E-state index contributed by atoms with van der Waals surface area (Å²) in [7, 11) is 2.91. The number of hydrogen-bond acceptors (Lipinski definition) is 7.